The molecular formula is C11H13FO3. The number of benzene rings is 1. The average Bonchev–Trinajstić information content (AvgIpc) is 2.20. The Kier molecular flexibility index (Phi) is 3.29. The molecule has 0 amide bonds. The van der Waals surface area contributed by atoms with Crippen LogP contribution < -0.4 is 4.74 Å². The summed E-state index contributed by atoms with van der Waals surface area (Å²) in [6.45, 7) is 3.10. The van der Waals surface area contributed by atoms with Crippen LogP contribution in [0.2, 0.25) is 0 Å². The van der Waals surface area contributed by atoms with Gasteiger partial charge in [0.05, 0.1) is 13.0 Å². The van der Waals surface area contributed by atoms with Crippen molar-refractivity contribution in [2.75, 3.05) is 7.11 Å². The van der Waals surface area contributed by atoms with Gasteiger partial charge < -0.3 is 9.84 Å². The normalized spacial score (nSPS) is 12.3. The first kappa shape index (κ1) is 11.5. The molecule has 0 aromatic heterocycles. The third-order valence-corrected chi connectivity index (χ3v) is 2.35. The Labute approximate surface area is 87.5 Å². The summed E-state index contributed by atoms with van der Waals surface area (Å²) in [6, 6.07) is 2.72. The highest BCUT2D eigenvalue weighted by Crippen LogP contribution is 2.29. The van der Waals surface area contributed by atoms with E-state index in [1.165, 1.54) is 26.2 Å². The van der Waals surface area contributed by atoms with Crippen molar-refractivity contribution in [2.45, 2.75) is 19.8 Å². The van der Waals surface area contributed by atoms with E-state index in [0.717, 1.165) is 0 Å². The van der Waals surface area contributed by atoms with Gasteiger partial charge >= 0.3 is 5.97 Å². The van der Waals surface area contributed by atoms with Crippen LogP contribution in [0, 0.1) is 12.7 Å². The highest BCUT2D eigenvalue weighted by molar-refractivity contribution is 5.76. The number of ether oxygens (including phenoxy) is 1. The van der Waals surface area contributed by atoms with Gasteiger partial charge in [-0.25, -0.2) is 4.39 Å². The summed E-state index contributed by atoms with van der Waals surface area (Å²) < 4.78 is 18.3. The third-order valence-electron chi connectivity index (χ3n) is 2.35. The molecule has 1 unspecified atom stereocenters. The minimum Gasteiger partial charge on any atom is -0.496 e. The van der Waals surface area contributed by atoms with Crippen molar-refractivity contribution >= 4 is 5.97 Å². The Morgan fingerprint density at radius 3 is 2.60 bits per heavy atom. The van der Waals surface area contributed by atoms with Crippen molar-refractivity contribution in [1.82, 2.24) is 0 Å². The van der Waals surface area contributed by atoms with Crippen LogP contribution in [0.25, 0.3) is 0 Å². The zero-order chi connectivity index (χ0) is 11.6. The van der Waals surface area contributed by atoms with E-state index in [-0.39, 0.29) is 0 Å². The van der Waals surface area contributed by atoms with Crippen molar-refractivity contribution in [3.05, 3.63) is 29.1 Å². The predicted octanol–water partition coefficient (Wildman–Crippen LogP) is 2.33. The van der Waals surface area contributed by atoms with Crippen LogP contribution >= 0.6 is 0 Å². The third kappa shape index (κ3) is 2.26. The second-order valence-electron chi connectivity index (χ2n) is 3.40. The van der Waals surface area contributed by atoms with Crippen LogP contribution in [0.4, 0.5) is 4.39 Å². The minimum atomic E-state index is -1.00. The number of carbonyl (C=O) groups is 1. The molecule has 3 nitrogen and oxygen atoms in total. The van der Waals surface area contributed by atoms with Gasteiger partial charge in [0.1, 0.15) is 11.6 Å². The van der Waals surface area contributed by atoms with Crippen LogP contribution in [0.3, 0.4) is 0 Å². The van der Waals surface area contributed by atoms with Crippen molar-refractivity contribution in [1.29, 1.82) is 0 Å². The maximum atomic E-state index is 13.3. The Morgan fingerprint density at radius 2 is 2.13 bits per heavy atom. The van der Waals surface area contributed by atoms with Gasteiger partial charge in [-0.3, -0.25) is 4.79 Å². The van der Waals surface area contributed by atoms with Gasteiger partial charge in [-0.15, -0.1) is 0 Å². The fourth-order valence-electron chi connectivity index (χ4n) is 1.32. The molecule has 1 rings (SSSR count). The van der Waals surface area contributed by atoms with E-state index in [9.17, 15) is 9.18 Å². The first-order valence-electron chi connectivity index (χ1n) is 4.54. The molecule has 4 heteroatoms. The SMILES string of the molecule is COc1cc(C)c(F)cc1C(C)C(=O)O. The second-order valence-corrected chi connectivity index (χ2v) is 3.40. The largest absolute Gasteiger partial charge is 0.496 e. The molecule has 1 aromatic carbocycles. The van der Waals surface area contributed by atoms with Gasteiger partial charge in [-0.05, 0) is 31.5 Å². The molecule has 0 aliphatic rings. The van der Waals surface area contributed by atoms with Gasteiger partial charge in [0.25, 0.3) is 0 Å². The number of rotatable bonds is 3. The Bertz CT molecular complexity index is 388. The fraction of sp³-hybridized carbons (Fsp3) is 0.364. The maximum absolute atomic E-state index is 13.3. The summed E-state index contributed by atoms with van der Waals surface area (Å²) in [6.07, 6.45) is 0. The van der Waals surface area contributed by atoms with E-state index in [1.807, 2.05) is 0 Å². The van der Waals surface area contributed by atoms with Crippen molar-refractivity contribution < 1.29 is 19.0 Å². The van der Waals surface area contributed by atoms with E-state index in [4.69, 9.17) is 9.84 Å². The molecule has 0 saturated heterocycles. The first-order chi connectivity index (χ1) is 6.97. The van der Waals surface area contributed by atoms with Crippen molar-refractivity contribution in [2.24, 2.45) is 0 Å². The highest BCUT2D eigenvalue weighted by Gasteiger charge is 2.19. The zero-order valence-corrected chi connectivity index (χ0v) is 8.87. The molecule has 0 bridgehead atoms. The summed E-state index contributed by atoms with van der Waals surface area (Å²) in [5.74, 6) is -1.80. The lowest BCUT2D eigenvalue weighted by Crippen LogP contribution is -2.09. The van der Waals surface area contributed by atoms with Crippen molar-refractivity contribution in [3.63, 3.8) is 0 Å². The number of carboxylic acid groups (broad SMARTS) is 1. The first-order valence-corrected chi connectivity index (χ1v) is 4.54. The number of hydrogen-bond donors (Lipinski definition) is 1. The standard InChI is InChI=1S/C11H13FO3/c1-6-4-10(15-3)8(5-9(6)12)7(2)11(13)14/h4-5,7H,1-3H3,(H,13,14). The van der Waals surface area contributed by atoms with Crippen molar-refractivity contribution in [3.8, 4) is 5.75 Å². The molecule has 1 aromatic rings. The molecule has 15 heavy (non-hydrogen) atoms. The molecule has 1 N–H and O–H groups in total. The van der Waals surface area contributed by atoms with Crippen LogP contribution in [0.15, 0.2) is 12.1 Å². The van der Waals surface area contributed by atoms with E-state index < -0.39 is 17.7 Å². The number of carboxylic acids is 1. The fourth-order valence-corrected chi connectivity index (χ4v) is 1.32. The Balaban J connectivity index is 3.27. The number of aryl methyl sites for hydroxylation is 1. The molecule has 0 aliphatic carbocycles. The van der Waals surface area contributed by atoms with Gasteiger partial charge in [-0.1, -0.05) is 0 Å². The molecule has 0 aliphatic heterocycles. The number of hydrogen-bond acceptors (Lipinski definition) is 2. The number of methoxy groups -OCH3 is 1. The lowest BCUT2D eigenvalue weighted by atomic mass is 9.98. The molecular weight excluding hydrogens is 199 g/mol. The van der Waals surface area contributed by atoms with E-state index in [0.29, 0.717) is 16.9 Å². The summed E-state index contributed by atoms with van der Waals surface area (Å²) >= 11 is 0. The number of halogens is 1. The molecule has 0 radical (unpaired) electrons. The summed E-state index contributed by atoms with van der Waals surface area (Å²) in [5, 5.41) is 8.84. The second kappa shape index (κ2) is 4.29. The monoisotopic (exact) mass is 212 g/mol. The summed E-state index contributed by atoms with van der Waals surface area (Å²) in [5.41, 5.74) is 0.793. The molecule has 82 valence electrons. The van der Waals surface area contributed by atoms with E-state index in [2.05, 4.69) is 0 Å². The summed E-state index contributed by atoms with van der Waals surface area (Å²) in [7, 11) is 1.44. The van der Waals surface area contributed by atoms with Crippen LogP contribution in [0.1, 0.15) is 24.0 Å². The van der Waals surface area contributed by atoms with Crippen LogP contribution in [0.5, 0.6) is 5.75 Å². The van der Waals surface area contributed by atoms with Gasteiger partial charge in [0.15, 0.2) is 0 Å². The lowest BCUT2D eigenvalue weighted by Gasteiger charge is -2.13. The number of aliphatic carboxylic acids is 1. The average molecular weight is 212 g/mol. The highest BCUT2D eigenvalue weighted by atomic mass is 19.1. The zero-order valence-electron chi connectivity index (χ0n) is 8.87. The van der Waals surface area contributed by atoms with Gasteiger partial charge in [0, 0.05) is 5.56 Å². The van der Waals surface area contributed by atoms with E-state index in [1.54, 1.807) is 6.92 Å². The topological polar surface area (TPSA) is 46.5 Å². The van der Waals surface area contributed by atoms with Crippen LogP contribution in [-0.2, 0) is 4.79 Å². The van der Waals surface area contributed by atoms with E-state index >= 15 is 0 Å². The lowest BCUT2D eigenvalue weighted by molar-refractivity contribution is -0.138. The maximum Gasteiger partial charge on any atom is 0.310 e. The smallest absolute Gasteiger partial charge is 0.310 e. The Hall–Kier alpha value is -1.58. The minimum absolute atomic E-state index is 0.355. The predicted molar refractivity (Wildman–Crippen MR) is 53.7 cm³/mol. The molecule has 0 fully saturated rings. The summed E-state index contributed by atoms with van der Waals surface area (Å²) in [4.78, 5) is 10.8. The van der Waals surface area contributed by atoms with Crippen LogP contribution in [-0.4, -0.2) is 18.2 Å². The quantitative estimate of drug-likeness (QED) is 0.836. The molecule has 0 saturated carbocycles. The molecule has 0 spiro atoms. The Morgan fingerprint density at radius 1 is 1.53 bits per heavy atom. The van der Waals surface area contributed by atoms with Gasteiger partial charge in [0.2, 0.25) is 0 Å². The molecule has 1 atom stereocenters. The van der Waals surface area contributed by atoms with Gasteiger partial charge in [-0.2, -0.15) is 0 Å². The molecule has 0 heterocycles.